The van der Waals surface area contributed by atoms with E-state index >= 15 is 0 Å². The summed E-state index contributed by atoms with van der Waals surface area (Å²) in [4.78, 5) is 4.75. The molecular weight excluding hydrogens is 230 g/mol. The van der Waals surface area contributed by atoms with Crippen LogP contribution >= 0.6 is 0 Å². The molecule has 0 fully saturated rings. The lowest BCUT2D eigenvalue weighted by molar-refractivity contribution is 0.740. The van der Waals surface area contributed by atoms with Crippen molar-refractivity contribution in [3.8, 4) is 0 Å². The van der Waals surface area contributed by atoms with Gasteiger partial charge in [-0.2, -0.15) is 0 Å². The SMILES string of the molecule is CC1(C)C(C=Cc2ccccc2)=Nc2ccccc21. The molecule has 3 rings (SSSR count). The van der Waals surface area contributed by atoms with E-state index in [-0.39, 0.29) is 5.41 Å². The molecule has 0 unspecified atom stereocenters. The Bertz CT molecular complexity index is 648. The number of nitrogens with zero attached hydrogens (tertiary/aromatic N) is 1. The van der Waals surface area contributed by atoms with E-state index in [1.54, 1.807) is 0 Å². The van der Waals surface area contributed by atoms with Crippen molar-refractivity contribution in [2.45, 2.75) is 19.3 Å². The number of benzene rings is 2. The quantitative estimate of drug-likeness (QED) is 0.725. The summed E-state index contributed by atoms with van der Waals surface area (Å²) in [5.41, 5.74) is 4.72. The van der Waals surface area contributed by atoms with Crippen LogP contribution in [0.1, 0.15) is 25.0 Å². The number of para-hydroxylation sites is 1. The molecule has 1 nitrogen and oxygen atoms in total. The van der Waals surface area contributed by atoms with Crippen molar-refractivity contribution in [2.75, 3.05) is 0 Å². The van der Waals surface area contributed by atoms with Gasteiger partial charge >= 0.3 is 0 Å². The highest BCUT2D eigenvalue weighted by molar-refractivity contribution is 6.10. The van der Waals surface area contributed by atoms with Gasteiger partial charge in [-0.25, -0.2) is 0 Å². The Kier molecular flexibility index (Phi) is 2.83. The molecule has 1 heterocycles. The van der Waals surface area contributed by atoms with Gasteiger partial charge in [0.25, 0.3) is 0 Å². The fourth-order valence-corrected chi connectivity index (χ4v) is 2.49. The van der Waals surface area contributed by atoms with Crippen LogP contribution in [0.3, 0.4) is 0 Å². The summed E-state index contributed by atoms with van der Waals surface area (Å²) >= 11 is 0. The van der Waals surface area contributed by atoms with Crippen molar-refractivity contribution >= 4 is 17.5 Å². The monoisotopic (exact) mass is 247 g/mol. The molecule has 19 heavy (non-hydrogen) atoms. The van der Waals surface area contributed by atoms with E-state index in [1.807, 2.05) is 12.1 Å². The summed E-state index contributed by atoms with van der Waals surface area (Å²) in [6, 6.07) is 18.7. The predicted octanol–water partition coefficient (Wildman–Crippen LogP) is 4.76. The molecule has 0 radical (unpaired) electrons. The Hall–Kier alpha value is -2.15. The van der Waals surface area contributed by atoms with Crippen LogP contribution in [0.2, 0.25) is 0 Å². The van der Waals surface area contributed by atoms with Crippen molar-refractivity contribution in [3.63, 3.8) is 0 Å². The van der Waals surface area contributed by atoms with Crippen LogP contribution in [0.25, 0.3) is 6.08 Å². The molecule has 0 aliphatic carbocycles. The second-order valence-corrected chi connectivity index (χ2v) is 5.38. The maximum atomic E-state index is 4.75. The number of rotatable bonds is 2. The molecule has 94 valence electrons. The molecule has 0 saturated carbocycles. The van der Waals surface area contributed by atoms with Crippen LogP contribution in [0.5, 0.6) is 0 Å². The smallest absolute Gasteiger partial charge is 0.0674 e. The Balaban J connectivity index is 1.94. The summed E-state index contributed by atoms with van der Waals surface area (Å²) in [6.45, 7) is 4.46. The van der Waals surface area contributed by atoms with Gasteiger partial charge in [0.2, 0.25) is 0 Å². The van der Waals surface area contributed by atoms with E-state index in [0.29, 0.717) is 0 Å². The van der Waals surface area contributed by atoms with Crippen LogP contribution in [0.4, 0.5) is 5.69 Å². The summed E-state index contributed by atoms with van der Waals surface area (Å²) in [6.07, 6.45) is 4.27. The highest BCUT2D eigenvalue weighted by Crippen LogP contribution is 2.40. The number of allylic oxidation sites excluding steroid dienone is 1. The first-order valence-corrected chi connectivity index (χ1v) is 6.60. The molecule has 1 aliphatic heterocycles. The second-order valence-electron chi connectivity index (χ2n) is 5.38. The minimum atomic E-state index is -0.0120. The summed E-state index contributed by atoms with van der Waals surface area (Å²) in [5, 5.41) is 0. The van der Waals surface area contributed by atoms with Crippen LogP contribution in [-0.2, 0) is 5.41 Å². The maximum Gasteiger partial charge on any atom is 0.0674 e. The lowest BCUT2D eigenvalue weighted by atomic mass is 9.81. The van der Waals surface area contributed by atoms with E-state index in [4.69, 9.17) is 4.99 Å². The zero-order valence-electron chi connectivity index (χ0n) is 11.3. The lowest BCUT2D eigenvalue weighted by Crippen LogP contribution is -2.23. The van der Waals surface area contributed by atoms with E-state index in [0.717, 1.165) is 11.4 Å². The Morgan fingerprint density at radius 3 is 2.26 bits per heavy atom. The van der Waals surface area contributed by atoms with Gasteiger partial charge in [0.15, 0.2) is 0 Å². The summed E-state index contributed by atoms with van der Waals surface area (Å²) < 4.78 is 0. The van der Waals surface area contributed by atoms with Crippen LogP contribution in [0.15, 0.2) is 65.7 Å². The number of fused-ring (bicyclic) bond motifs is 1. The van der Waals surface area contributed by atoms with E-state index in [1.165, 1.54) is 11.1 Å². The summed E-state index contributed by atoms with van der Waals surface area (Å²) in [5.74, 6) is 0. The first kappa shape index (κ1) is 11.9. The maximum absolute atomic E-state index is 4.75. The number of aliphatic imine (C=N–C) groups is 1. The zero-order valence-corrected chi connectivity index (χ0v) is 11.3. The number of hydrogen-bond donors (Lipinski definition) is 0. The van der Waals surface area contributed by atoms with Gasteiger partial charge in [0, 0.05) is 5.41 Å². The molecule has 2 aromatic carbocycles. The topological polar surface area (TPSA) is 12.4 Å². The first-order chi connectivity index (χ1) is 9.18. The van der Waals surface area contributed by atoms with Crippen LogP contribution in [0, 0.1) is 0 Å². The van der Waals surface area contributed by atoms with Gasteiger partial charge in [-0.3, -0.25) is 4.99 Å². The standard InChI is InChI=1S/C18H17N/c1-18(2)15-10-6-7-11-16(15)19-17(18)13-12-14-8-4-3-5-9-14/h3-13H,1-2H3. The Labute approximate surface area is 114 Å². The molecule has 0 aromatic heterocycles. The molecule has 2 aromatic rings. The average molecular weight is 247 g/mol. The van der Waals surface area contributed by atoms with Crippen molar-refractivity contribution < 1.29 is 0 Å². The second kappa shape index (κ2) is 4.51. The first-order valence-electron chi connectivity index (χ1n) is 6.60. The number of hydrogen-bond acceptors (Lipinski definition) is 1. The van der Waals surface area contributed by atoms with Crippen molar-refractivity contribution in [1.82, 2.24) is 0 Å². The highest BCUT2D eigenvalue weighted by atomic mass is 14.8. The van der Waals surface area contributed by atoms with Gasteiger partial charge in [-0.1, -0.05) is 68.5 Å². The van der Waals surface area contributed by atoms with Gasteiger partial charge in [-0.05, 0) is 23.3 Å². The molecule has 0 spiro atoms. The minimum Gasteiger partial charge on any atom is -0.252 e. The molecule has 0 bridgehead atoms. The molecule has 0 N–H and O–H groups in total. The van der Waals surface area contributed by atoms with Crippen LogP contribution < -0.4 is 0 Å². The van der Waals surface area contributed by atoms with Crippen molar-refractivity contribution in [2.24, 2.45) is 4.99 Å². The average Bonchev–Trinajstić information content (AvgIpc) is 2.70. The molecule has 1 aliphatic rings. The molecule has 0 amide bonds. The van der Waals surface area contributed by atoms with Crippen LogP contribution in [-0.4, -0.2) is 5.71 Å². The third kappa shape index (κ3) is 2.12. The fourth-order valence-electron chi connectivity index (χ4n) is 2.49. The minimum absolute atomic E-state index is 0.0120. The van der Waals surface area contributed by atoms with Crippen molar-refractivity contribution in [3.05, 3.63) is 71.8 Å². The third-order valence-corrected chi connectivity index (χ3v) is 3.69. The van der Waals surface area contributed by atoms with E-state index in [2.05, 4.69) is 68.5 Å². The van der Waals surface area contributed by atoms with Gasteiger partial charge in [0.1, 0.15) is 0 Å². The van der Waals surface area contributed by atoms with Crippen molar-refractivity contribution in [1.29, 1.82) is 0 Å². The van der Waals surface area contributed by atoms with Gasteiger partial charge < -0.3 is 0 Å². The van der Waals surface area contributed by atoms with E-state index in [9.17, 15) is 0 Å². The zero-order chi connectivity index (χ0) is 13.3. The predicted molar refractivity (Wildman–Crippen MR) is 82.0 cm³/mol. The summed E-state index contributed by atoms with van der Waals surface area (Å²) in [7, 11) is 0. The lowest BCUT2D eigenvalue weighted by Gasteiger charge is -2.20. The molecule has 0 saturated heterocycles. The largest absolute Gasteiger partial charge is 0.252 e. The third-order valence-electron chi connectivity index (χ3n) is 3.69. The van der Waals surface area contributed by atoms with Gasteiger partial charge in [0.05, 0.1) is 11.4 Å². The molecule has 0 atom stereocenters. The molecular formula is C18H17N. The fraction of sp³-hybridized carbons (Fsp3) is 0.167. The molecule has 1 heteroatoms. The normalized spacial score (nSPS) is 16.4. The highest BCUT2D eigenvalue weighted by Gasteiger charge is 2.32. The Morgan fingerprint density at radius 2 is 1.53 bits per heavy atom. The Morgan fingerprint density at radius 1 is 0.842 bits per heavy atom. The van der Waals surface area contributed by atoms with E-state index < -0.39 is 0 Å². The van der Waals surface area contributed by atoms with Gasteiger partial charge in [-0.15, -0.1) is 0 Å².